The highest BCUT2D eigenvalue weighted by molar-refractivity contribution is 7.85. The summed E-state index contributed by atoms with van der Waals surface area (Å²) in [5.41, 5.74) is 8.50. The van der Waals surface area contributed by atoms with E-state index in [0.717, 1.165) is 61.1 Å². The van der Waals surface area contributed by atoms with Gasteiger partial charge in [-0.1, -0.05) is 103 Å². The minimum Gasteiger partial charge on any atom is -0.309 e. The van der Waals surface area contributed by atoms with Crippen LogP contribution in [0, 0.1) is 0 Å². The zero-order chi connectivity index (χ0) is 33.5. The Morgan fingerprint density at radius 2 is 0.740 bits per heavy atom. The van der Waals surface area contributed by atoms with Gasteiger partial charge in [-0.2, -0.15) is 9.13 Å². The van der Waals surface area contributed by atoms with Gasteiger partial charge in [-0.3, -0.25) is 0 Å². The number of para-hydroxylation sites is 2. The number of hydrogen-bond acceptors (Lipinski definition) is 1. The van der Waals surface area contributed by atoms with Crippen molar-refractivity contribution in [2.75, 3.05) is 0 Å². The third-order valence-electron chi connectivity index (χ3n) is 9.40. The highest BCUT2D eigenvalue weighted by atomic mass is 31.2. The van der Waals surface area contributed by atoms with Crippen molar-refractivity contribution in [3.8, 4) is 33.9 Å². The fraction of sp³-hybridized carbons (Fsp3) is 0. The summed E-state index contributed by atoms with van der Waals surface area (Å²) >= 11 is 0. The molecule has 0 fully saturated rings. The van der Waals surface area contributed by atoms with Crippen molar-refractivity contribution < 1.29 is 13.4 Å². The monoisotopic (exact) mass is 664 g/mol. The van der Waals surface area contributed by atoms with Gasteiger partial charge in [0, 0.05) is 39.2 Å². The topological polar surface area (TPSA) is 35.1 Å². The van der Waals surface area contributed by atoms with Crippen molar-refractivity contribution in [3.63, 3.8) is 0 Å². The average Bonchev–Trinajstić information content (AvgIpc) is 3.78. The number of pyridine rings is 2. The SMILES string of the molecule is O=P(c1ccccc1)(c1ccc(-c2c[n+]3ccccc3n2-c2ccccc2)cc1)c1ccc(-c2c[n+]3ccccc3n2-c2ccccc2)cc1. The molecule has 9 aromatic rings. The number of hydrogen-bond donors (Lipinski definition) is 0. The summed E-state index contributed by atoms with van der Waals surface area (Å²) in [5.74, 6) is 0. The van der Waals surface area contributed by atoms with Crippen molar-refractivity contribution >= 4 is 34.3 Å². The van der Waals surface area contributed by atoms with Crippen molar-refractivity contribution in [2.45, 2.75) is 0 Å². The molecule has 6 heteroatoms. The Hall–Kier alpha value is -6.29. The summed E-state index contributed by atoms with van der Waals surface area (Å²) in [6.07, 6.45) is 8.44. The highest BCUT2D eigenvalue weighted by Crippen LogP contribution is 2.43. The van der Waals surface area contributed by atoms with E-state index in [4.69, 9.17) is 0 Å². The molecular weight excluding hydrogens is 631 g/mol. The molecule has 0 saturated heterocycles. The minimum atomic E-state index is -3.22. The highest BCUT2D eigenvalue weighted by Gasteiger charge is 2.31. The summed E-state index contributed by atoms with van der Waals surface area (Å²) in [7, 11) is -3.22. The lowest BCUT2D eigenvalue weighted by molar-refractivity contribution is -0.510. The second-order valence-corrected chi connectivity index (χ2v) is 15.1. The summed E-state index contributed by atoms with van der Waals surface area (Å²) in [4.78, 5) is 0. The van der Waals surface area contributed by atoms with Gasteiger partial charge in [-0.15, -0.1) is 0 Å². The van der Waals surface area contributed by atoms with Crippen LogP contribution in [0.25, 0.3) is 45.2 Å². The van der Waals surface area contributed by atoms with E-state index < -0.39 is 7.14 Å². The molecule has 50 heavy (non-hydrogen) atoms. The maximum Gasteiger partial charge on any atom is 0.291 e. The number of fused-ring (bicyclic) bond motifs is 2. The van der Waals surface area contributed by atoms with E-state index in [0.29, 0.717) is 0 Å². The van der Waals surface area contributed by atoms with E-state index in [1.165, 1.54) is 0 Å². The Balaban J connectivity index is 1.15. The first kappa shape index (κ1) is 29.8. The molecule has 4 aromatic heterocycles. The number of aromatic nitrogens is 4. The molecule has 238 valence electrons. The van der Waals surface area contributed by atoms with Crippen LogP contribution in [0.5, 0.6) is 0 Å². The van der Waals surface area contributed by atoms with Crippen molar-refractivity contribution in [1.29, 1.82) is 0 Å². The van der Waals surface area contributed by atoms with Crippen LogP contribution in [0.2, 0.25) is 0 Å². The van der Waals surface area contributed by atoms with Crippen LogP contribution in [0.15, 0.2) is 201 Å². The molecule has 5 aromatic carbocycles. The predicted octanol–water partition coefficient (Wildman–Crippen LogP) is 7.72. The molecule has 0 aliphatic rings. The zero-order valence-electron chi connectivity index (χ0n) is 27.2. The van der Waals surface area contributed by atoms with Crippen molar-refractivity contribution in [3.05, 3.63) is 201 Å². The van der Waals surface area contributed by atoms with Crippen LogP contribution >= 0.6 is 7.14 Å². The predicted molar refractivity (Wildman–Crippen MR) is 202 cm³/mol. The third kappa shape index (κ3) is 4.99. The van der Waals surface area contributed by atoms with Crippen LogP contribution in [0.3, 0.4) is 0 Å². The number of imidazole rings is 2. The van der Waals surface area contributed by atoms with Crippen LogP contribution < -0.4 is 24.7 Å². The van der Waals surface area contributed by atoms with Crippen LogP contribution in [0.4, 0.5) is 0 Å². The fourth-order valence-electron chi connectivity index (χ4n) is 6.99. The maximum absolute atomic E-state index is 15.6. The van der Waals surface area contributed by atoms with Gasteiger partial charge in [0.15, 0.2) is 18.5 Å². The third-order valence-corrected chi connectivity index (χ3v) is 12.5. The first-order valence-corrected chi connectivity index (χ1v) is 18.4. The van der Waals surface area contributed by atoms with Gasteiger partial charge in [-0.25, -0.2) is 8.80 Å². The Labute approximate surface area is 290 Å². The normalized spacial score (nSPS) is 11.7. The van der Waals surface area contributed by atoms with Crippen LogP contribution in [-0.4, -0.2) is 9.13 Å². The van der Waals surface area contributed by atoms with Gasteiger partial charge in [-0.05, 0) is 60.7 Å². The Bertz CT molecular complexity index is 2480. The molecule has 5 nitrogen and oxygen atoms in total. The average molecular weight is 665 g/mol. The summed E-state index contributed by atoms with van der Waals surface area (Å²) in [5, 5.41) is 2.40. The Morgan fingerprint density at radius 3 is 1.16 bits per heavy atom. The van der Waals surface area contributed by atoms with Crippen molar-refractivity contribution in [2.24, 2.45) is 0 Å². The summed E-state index contributed by atoms with van der Waals surface area (Å²) < 4.78 is 24.4. The largest absolute Gasteiger partial charge is 0.309 e. The molecule has 4 heterocycles. The van der Waals surface area contributed by atoms with Gasteiger partial charge < -0.3 is 4.57 Å². The first-order chi connectivity index (χ1) is 24.7. The second-order valence-electron chi connectivity index (χ2n) is 12.3. The van der Waals surface area contributed by atoms with E-state index in [9.17, 15) is 0 Å². The number of rotatable bonds is 7. The molecule has 0 aliphatic carbocycles. The van der Waals surface area contributed by atoms with Gasteiger partial charge in [0.2, 0.25) is 0 Å². The molecule has 0 bridgehead atoms. The van der Waals surface area contributed by atoms with Crippen molar-refractivity contribution in [1.82, 2.24) is 9.13 Å². The molecule has 0 unspecified atom stereocenters. The van der Waals surface area contributed by atoms with E-state index in [1.807, 2.05) is 78.9 Å². The van der Waals surface area contributed by atoms with E-state index >= 15 is 4.57 Å². The number of nitrogens with zero attached hydrogens (tertiary/aromatic N) is 4. The molecule has 9 rings (SSSR count). The molecule has 0 radical (unpaired) electrons. The molecule has 0 aliphatic heterocycles. The maximum atomic E-state index is 15.6. The molecule has 0 spiro atoms. The van der Waals surface area contributed by atoms with Gasteiger partial charge >= 0.3 is 0 Å². The molecule has 0 atom stereocenters. The number of benzene rings is 5. The molecular formula is C44H33N4OP+2. The lowest BCUT2D eigenvalue weighted by Gasteiger charge is -2.20. The zero-order valence-corrected chi connectivity index (χ0v) is 28.1. The van der Waals surface area contributed by atoms with E-state index in [-0.39, 0.29) is 0 Å². The molecule has 0 saturated carbocycles. The van der Waals surface area contributed by atoms with E-state index in [1.54, 1.807) is 0 Å². The lowest BCUT2D eigenvalue weighted by Crippen LogP contribution is -2.25. The lowest BCUT2D eigenvalue weighted by atomic mass is 10.1. The Kier molecular flexibility index (Phi) is 7.34. The molecule has 0 N–H and O–H groups in total. The van der Waals surface area contributed by atoms with Crippen LogP contribution in [-0.2, 0) is 4.57 Å². The Morgan fingerprint density at radius 1 is 0.380 bits per heavy atom. The second kappa shape index (κ2) is 12.3. The van der Waals surface area contributed by atoms with Gasteiger partial charge in [0.1, 0.15) is 23.8 Å². The first-order valence-electron chi connectivity index (χ1n) is 16.7. The fourth-order valence-corrected chi connectivity index (χ4v) is 9.61. The molecule has 0 amide bonds. The van der Waals surface area contributed by atoms with Gasteiger partial charge in [0.25, 0.3) is 11.3 Å². The quantitative estimate of drug-likeness (QED) is 0.127. The smallest absolute Gasteiger partial charge is 0.291 e. The van der Waals surface area contributed by atoms with Crippen LogP contribution in [0.1, 0.15) is 0 Å². The minimum absolute atomic E-state index is 0.796. The summed E-state index contributed by atoms with van der Waals surface area (Å²) in [6.45, 7) is 0. The van der Waals surface area contributed by atoms with Gasteiger partial charge in [0.05, 0.1) is 12.4 Å². The standard InChI is InChI=1S/C44H33N4OP/c49-50(38-18-8-3-9-19-38,39-26-22-34(23-27-39)41-32-45-30-12-10-20-43(45)47(41)36-14-4-1-5-15-36)40-28-24-35(25-29-40)42-33-46-31-13-11-21-44(46)48(42)37-16-6-2-7-17-37/h1-33H/q+2. The summed E-state index contributed by atoms with van der Waals surface area (Å²) in [6, 6.07) is 59.7. The van der Waals surface area contributed by atoms with E-state index in [2.05, 4.69) is 140 Å².